The van der Waals surface area contributed by atoms with Crippen LogP contribution in [-0.4, -0.2) is 34.8 Å². The first-order valence-corrected chi connectivity index (χ1v) is 10.6. The highest BCUT2D eigenvalue weighted by atomic mass is 32.2. The van der Waals surface area contributed by atoms with Gasteiger partial charge in [0, 0.05) is 31.7 Å². The maximum atomic E-state index is 4.83. The number of anilines is 3. The number of fused-ring (bicyclic) bond motifs is 1. The van der Waals surface area contributed by atoms with E-state index in [4.69, 9.17) is 9.97 Å². The lowest BCUT2D eigenvalue weighted by Gasteiger charge is -2.19. The highest BCUT2D eigenvalue weighted by Gasteiger charge is 2.18. The molecule has 144 valence electrons. The number of rotatable bonds is 4. The molecule has 0 fully saturated rings. The van der Waals surface area contributed by atoms with Crippen LogP contribution in [0, 0.1) is 6.92 Å². The Bertz CT molecular complexity index is 969. The molecule has 5 nitrogen and oxygen atoms in total. The molecule has 0 spiro atoms. The van der Waals surface area contributed by atoms with Gasteiger partial charge in [-0.15, -0.1) is 11.8 Å². The van der Waals surface area contributed by atoms with Gasteiger partial charge in [-0.1, -0.05) is 12.1 Å². The van der Waals surface area contributed by atoms with E-state index in [0.29, 0.717) is 5.95 Å². The maximum absolute atomic E-state index is 4.83. The van der Waals surface area contributed by atoms with Crippen molar-refractivity contribution in [3.05, 3.63) is 54.0 Å². The summed E-state index contributed by atoms with van der Waals surface area (Å²) in [5.74, 6) is 2.81. The number of pyridine rings is 1. The van der Waals surface area contributed by atoms with Crippen LogP contribution in [0.4, 0.5) is 17.5 Å². The Hall–Kier alpha value is -2.60. The fraction of sp³-hybridized carbons (Fsp3) is 0.318. The number of thioether (sulfide) groups is 1. The Morgan fingerprint density at radius 2 is 1.82 bits per heavy atom. The number of nitrogens with one attached hydrogen (secondary N) is 1. The van der Waals surface area contributed by atoms with Crippen LogP contribution >= 0.6 is 11.8 Å². The van der Waals surface area contributed by atoms with E-state index in [1.165, 1.54) is 28.9 Å². The standard InChI is InChI=1S/C22H25N5S/c1-15-14-17(11-12-23-15)16-7-9-18(10-8-16)24-22-25-19-6-4-5-13-28-20(19)21(26-22)27(2)3/h7-12,14H,4-6,13H2,1-3H3,(H,24,25,26). The van der Waals surface area contributed by atoms with Gasteiger partial charge in [0.2, 0.25) is 5.95 Å². The lowest BCUT2D eigenvalue weighted by Crippen LogP contribution is -2.15. The third-order valence-electron chi connectivity index (χ3n) is 4.77. The van der Waals surface area contributed by atoms with Gasteiger partial charge in [0.05, 0.1) is 10.6 Å². The van der Waals surface area contributed by atoms with Gasteiger partial charge < -0.3 is 10.2 Å². The van der Waals surface area contributed by atoms with E-state index in [9.17, 15) is 0 Å². The second kappa shape index (κ2) is 8.19. The summed E-state index contributed by atoms with van der Waals surface area (Å²) in [6, 6.07) is 12.5. The Kier molecular flexibility index (Phi) is 5.48. The second-order valence-electron chi connectivity index (χ2n) is 7.23. The molecule has 1 aliphatic rings. The summed E-state index contributed by atoms with van der Waals surface area (Å²) in [6.07, 6.45) is 5.28. The van der Waals surface area contributed by atoms with Crippen molar-refractivity contribution in [1.29, 1.82) is 0 Å². The average Bonchev–Trinajstić information content (AvgIpc) is 2.93. The number of aryl methyl sites for hydroxylation is 2. The molecule has 0 saturated carbocycles. The van der Waals surface area contributed by atoms with E-state index in [1.807, 2.05) is 45.0 Å². The van der Waals surface area contributed by atoms with Gasteiger partial charge in [0.25, 0.3) is 0 Å². The molecule has 0 radical (unpaired) electrons. The van der Waals surface area contributed by atoms with Gasteiger partial charge in [-0.3, -0.25) is 4.98 Å². The van der Waals surface area contributed by atoms with Crippen LogP contribution in [0.25, 0.3) is 11.1 Å². The summed E-state index contributed by atoms with van der Waals surface area (Å²) in [6.45, 7) is 2.01. The summed E-state index contributed by atoms with van der Waals surface area (Å²) >= 11 is 1.88. The zero-order valence-corrected chi connectivity index (χ0v) is 17.4. The molecule has 3 aromatic rings. The van der Waals surface area contributed by atoms with Crippen molar-refractivity contribution in [2.75, 3.05) is 30.1 Å². The van der Waals surface area contributed by atoms with Crippen molar-refractivity contribution < 1.29 is 0 Å². The van der Waals surface area contributed by atoms with Crippen molar-refractivity contribution in [2.45, 2.75) is 31.1 Å². The van der Waals surface area contributed by atoms with Gasteiger partial charge in [-0.2, -0.15) is 4.98 Å². The maximum Gasteiger partial charge on any atom is 0.229 e. The first kappa shape index (κ1) is 18.7. The Morgan fingerprint density at radius 1 is 1.00 bits per heavy atom. The van der Waals surface area contributed by atoms with Gasteiger partial charge in [0.15, 0.2) is 0 Å². The number of hydrogen-bond acceptors (Lipinski definition) is 6. The van der Waals surface area contributed by atoms with Crippen LogP contribution in [-0.2, 0) is 6.42 Å². The molecule has 0 unspecified atom stereocenters. The van der Waals surface area contributed by atoms with Crippen LogP contribution in [0.3, 0.4) is 0 Å². The molecule has 4 rings (SSSR count). The molecule has 2 aromatic heterocycles. The Labute approximate surface area is 170 Å². The number of benzene rings is 1. The molecule has 6 heteroatoms. The molecule has 0 saturated heterocycles. The monoisotopic (exact) mass is 391 g/mol. The van der Waals surface area contributed by atoms with Gasteiger partial charge in [-0.05, 0) is 67.3 Å². The third-order valence-corrected chi connectivity index (χ3v) is 5.97. The Morgan fingerprint density at radius 3 is 2.57 bits per heavy atom. The van der Waals surface area contributed by atoms with Crippen molar-refractivity contribution in [3.63, 3.8) is 0 Å². The predicted molar refractivity (Wildman–Crippen MR) is 118 cm³/mol. The molecule has 0 aliphatic carbocycles. The molecular weight excluding hydrogens is 366 g/mol. The Balaban J connectivity index is 1.60. The minimum absolute atomic E-state index is 0.664. The van der Waals surface area contributed by atoms with E-state index in [0.717, 1.165) is 35.1 Å². The minimum atomic E-state index is 0.664. The molecule has 28 heavy (non-hydrogen) atoms. The number of aromatic nitrogens is 3. The summed E-state index contributed by atoms with van der Waals surface area (Å²) in [5.41, 5.74) is 5.51. The van der Waals surface area contributed by atoms with E-state index >= 15 is 0 Å². The molecule has 3 heterocycles. The highest BCUT2D eigenvalue weighted by molar-refractivity contribution is 7.99. The number of nitrogens with zero attached hydrogens (tertiary/aromatic N) is 4. The zero-order chi connectivity index (χ0) is 19.5. The fourth-order valence-electron chi connectivity index (χ4n) is 3.33. The van der Waals surface area contributed by atoms with Crippen LogP contribution < -0.4 is 10.2 Å². The van der Waals surface area contributed by atoms with Gasteiger partial charge in [-0.25, -0.2) is 4.98 Å². The van der Waals surface area contributed by atoms with E-state index in [2.05, 4.69) is 45.5 Å². The van der Waals surface area contributed by atoms with E-state index in [1.54, 1.807) is 0 Å². The minimum Gasteiger partial charge on any atom is -0.362 e. The molecule has 0 bridgehead atoms. The lowest BCUT2D eigenvalue weighted by molar-refractivity contribution is 0.776. The van der Waals surface area contributed by atoms with Crippen molar-refractivity contribution >= 4 is 29.2 Å². The molecule has 0 amide bonds. The molecular formula is C22H25N5S. The molecule has 1 aromatic carbocycles. The largest absolute Gasteiger partial charge is 0.362 e. The highest BCUT2D eigenvalue weighted by Crippen LogP contribution is 2.35. The number of hydrogen-bond donors (Lipinski definition) is 1. The quantitative estimate of drug-likeness (QED) is 0.669. The van der Waals surface area contributed by atoms with Crippen molar-refractivity contribution in [1.82, 2.24) is 15.0 Å². The molecule has 1 aliphatic heterocycles. The predicted octanol–water partition coefficient (Wildman–Crippen LogP) is 5.09. The summed E-state index contributed by atoms with van der Waals surface area (Å²) in [4.78, 5) is 17.2. The summed E-state index contributed by atoms with van der Waals surface area (Å²) < 4.78 is 0. The van der Waals surface area contributed by atoms with Crippen LogP contribution in [0.15, 0.2) is 47.5 Å². The fourth-order valence-corrected chi connectivity index (χ4v) is 4.55. The average molecular weight is 392 g/mol. The summed E-state index contributed by atoms with van der Waals surface area (Å²) in [7, 11) is 4.09. The topological polar surface area (TPSA) is 53.9 Å². The van der Waals surface area contributed by atoms with Gasteiger partial charge in [0.1, 0.15) is 5.82 Å². The summed E-state index contributed by atoms with van der Waals surface area (Å²) in [5, 5.41) is 3.39. The van der Waals surface area contributed by atoms with Crippen LogP contribution in [0.2, 0.25) is 0 Å². The van der Waals surface area contributed by atoms with Gasteiger partial charge >= 0.3 is 0 Å². The molecule has 1 N–H and O–H groups in total. The van der Waals surface area contributed by atoms with Crippen molar-refractivity contribution in [3.8, 4) is 11.1 Å². The van der Waals surface area contributed by atoms with Crippen LogP contribution in [0.1, 0.15) is 24.2 Å². The van der Waals surface area contributed by atoms with Crippen molar-refractivity contribution in [2.24, 2.45) is 0 Å². The van der Waals surface area contributed by atoms with E-state index < -0.39 is 0 Å². The van der Waals surface area contributed by atoms with Crippen LogP contribution in [0.5, 0.6) is 0 Å². The SMILES string of the molecule is Cc1cc(-c2ccc(Nc3nc4c(c(N(C)C)n3)SCCCC4)cc2)ccn1. The second-order valence-corrected chi connectivity index (χ2v) is 8.34. The lowest BCUT2D eigenvalue weighted by atomic mass is 10.1. The first-order chi connectivity index (χ1) is 13.6. The third kappa shape index (κ3) is 4.12. The zero-order valence-electron chi connectivity index (χ0n) is 16.6. The normalized spacial score (nSPS) is 13.5. The van der Waals surface area contributed by atoms with E-state index in [-0.39, 0.29) is 0 Å². The molecule has 0 atom stereocenters. The smallest absolute Gasteiger partial charge is 0.229 e. The first-order valence-electron chi connectivity index (χ1n) is 9.61.